The number of halogens is 2. The SMILES string of the molecule is COc1ccc(C(C)=O)c(OC(F)F)c1. The van der Waals surface area contributed by atoms with Crippen LogP contribution in [0.1, 0.15) is 17.3 Å². The number of alkyl halides is 2. The van der Waals surface area contributed by atoms with Crippen molar-refractivity contribution in [2.45, 2.75) is 13.5 Å². The molecule has 82 valence electrons. The largest absolute Gasteiger partial charge is 0.497 e. The number of rotatable bonds is 4. The van der Waals surface area contributed by atoms with Crippen molar-refractivity contribution in [3.8, 4) is 11.5 Å². The van der Waals surface area contributed by atoms with Crippen LogP contribution >= 0.6 is 0 Å². The van der Waals surface area contributed by atoms with Crippen LogP contribution < -0.4 is 9.47 Å². The average molecular weight is 216 g/mol. The van der Waals surface area contributed by atoms with Crippen LogP contribution in [-0.4, -0.2) is 19.5 Å². The molecule has 0 spiro atoms. The van der Waals surface area contributed by atoms with Gasteiger partial charge in [-0.1, -0.05) is 0 Å². The van der Waals surface area contributed by atoms with Crippen LogP contribution in [0, 0.1) is 0 Å². The van der Waals surface area contributed by atoms with Gasteiger partial charge in [0.15, 0.2) is 5.78 Å². The highest BCUT2D eigenvalue weighted by atomic mass is 19.3. The summed E-state index contributed by atoms with van der Waals surface area (Å²) in [4.78, 5) is 11.1. The molecule has 0 radical (unpaired) electrons. The molecule has 0 saturated carbocycles. The number of benzene rings is 1. The van der Waals surface area contributed by atoms with Crippen molar-refractivity contribution in [3.63, 3.8) is 0 Å². The third kappa shape index (κ3) is 2.90. The van der Waals surface area contributed by atoms with Crippen LogP contribution in [0.25, 0.3) is 0 Å². The van der Waals surface area contributed by atoms with Crippen molar-refractivity contribution < 1.29 is 23.0 Å². The molecule has 0 saturated heterocycles. The van der Waals surface area contributed by atoms with E-state index in [4.69, 9.17) is 4.74 Å². The van der Waals surface area contributed by atoms with Crippen LogP contribution in [0.2, 0.25) is 0 Å². The lowest BCUT2D eigenvalue weighted by atomic mass is 10.1. The number of ether oxygens (including phenoxy) is 2. The minimum Gasteiger partial charge on any atom is -0.497 e. The molecule has 5 heteroatoms. The zero-order valence-electron chi connectivity index (χ0n) is 8.29. The van der Waals surface area contributed by atoms with Gasteiger partial charge >= 0.3 is 6.61 Å². The standard InChI is InChI=1S/C10H10F2O3/c1-6(13)8-4-3-7(14-2)5-9(8)15-10(11)12/h3-5,10H,1-2H3. The smallest absolute Gasteiger partial charge is 0.387 e. The Labute approximate surface area is 85.6 Å². The summed E-state index contributed by atoms with van der Waals surface area (Å²) in [6.07, 6.45) is 0. The van der Waals surface area contributed by atoms with E-state index in [1.807, 2.05) is 0 Å². The van der Waals surface area contributed by atoms with Crippen molar-refractivity contribution in [1.82, 2.24) is 0 Å². The van der Waals surface area contributed by atoms with E-state index >= 15 is 0 Å². The van der Waals surface area contributed by atoms with Gasteiger partial charge in [-0.05, 0) is 19.1 Å². The number of Topliss-reactive ketones (excluding diaryl/α,β-unsaturated/α-hetero) is 1. The maximum absolute atomic E-state index is 12.0. The Morgan fingerprint density at radius 1 is 1.40 bits per heavy atom. The van der Waals surface area contributed by atoms with Gasteiger partial charge < -0.3 is 9.47 Å². The van der Waals surface area contributed by atoms with E-state index in [9.17, 15) is 13.6 Å². The van der Waals surface area contributed by atoms with Gasteiger partial charge in [-0.3, -0.25) is 4.79 Å². The first-order chi connectivity index (χ1) is 7.04. The molecule has 0 aliphatic heterocycles. The zero-order chi connectivity index (χ0) is 11.4. The van der Waals surface area contributed by atoms with E-state index in [0.717, 1.165) is 0 Å². The lowest BCUT2D eigenvalue weighted by Crippen LogP contribution is -2.06. The maximum Gasteiger partial charge on any atom is 0.387 e. The van der Waals surface area contributed by atoms with Crippen LogP contribution in [0.5, 0.6) is 11.5 Å². The summed E-state index contributed by atoms with van der Waals surface area (Å²) in [6, 6.07) is 4.15. The second kappa shape index (κ2) is 4.72. The minimum absolute atomic E-state index is 0.107. The van der Waals surface area contributed by atoms with Crippen molar-refractivity contribution in [1.29, 1.82) is 0 Å². The molecular formula is C10H10F2O3. The van der Waals surface area contributed by atoms with Crippen molar-refractivity contribution in [2.75, 3.05) is 7.11 Å². The summed E-state index contributed by atoms with van der Waals surface area (Å²) in [6.45, 7) is -1.68. The molecule has 0 amide bonds. The summed E-state index contributed by atoms with van der Waals surface area (Å²) in [5, 5.41) is 0. The van der Waals surface area contributed by atoms with Crippen LogP contribution in [0.3, 0.4) is 0 Å². The summed E-state index contributed by atoms with van der Waals surface area (Å²) in [5.74, 6) is -0.152. The second-order valence-corrected chi connectivity index (χ2v) is 2.80. The summed E-state index contributed by atoms with van der Waals surface area (Å²) >= 11 is 0. The Morgan fingerprint density at radius 2 is 2.07 bits per heavy atom. The van der Waals surface area contributed by atoms with Gasteiger partial charge in [0.1, 0.15) is 11.5 Å². The van der Waals surface area contributed by atoms with E-state index in [1.54, 1.807) is 0 Å². The predicted octanol–water partition coefficient (Wildman–Crippen LogP) is 2.50. The van der Waals surface area contributed by atoms with Gasteiger partial charge in [-0.2, -0.15) is 8.78 Å². The molecule has 0 fully saturated rings. The molecule has 15 heavy (non-hydrogen) atoms. The molecule has 1 rings (SSSR count). The molecule has 0 bridgehead atoms. The number of ketones is 1. The van der Waals surface area contributed by atoms with E-state index in [1.165, 1.54) is 32.2 Å². The van der Waals surface area contributed by atoms with E-state index in [0.29, 0.717) is 5.75 Å². The zero-order valence-corrected chi connectivity index (χ0v) is 8.29. The van der Waals surface area contributed by atoms with Gasteiger partial charge in [0.2, 0.25) is 0 Å². The summed E-state index contributed by atoms with van der Waals surface area (Å²) in [7, 11) is 1.40. The Balaban J connectivity index is 3.10. The van der Waals surface area contributed by atoms with Gasteiger partial charge in [-0.15, -0.1) is 0 Å². The number of carbonyl (C=O) groups is 1. The normalized spacial score (nSPS) is 10.2. The van der Waals surface area contributed by atoms with Gasteiger partial charge in [0.05, 0.1) is 12.7 Å². The van der Waals surface area contributed by atoms with Crippen molar-refractivity contribution in [2.24, 2.45) is 0 Å². The molecule has 0 aliphatic carbocycles. The first-order valence-electron chi connectivity index (χ1n) is 4.18. The topological polar surface area (TPSA) is 35.5 Å². The molecule has 0 unspecified atom stereocenters. The number of hydrogen-bond donors (Lipinski definition) is 0. The number of hydrogen-bond acceptors (Lipinski definition) is 3. The van der Waals surface area contributed by atoms with E-state index in [2.05, 4.69) is 4.74 Å². The monoisotopic (exact) mass is 216 g/mol. The first kappa shape index (κ1) is 11.4. The third-order valence-corrected chi connectivity index (χ3v) is 1.78. The Bertz CT molecular complexity index is 364. The quantitative estimate of drug-likeness (QED) is 0.725. The Hall–Kier alpha value is -1.65. The molecule has 1 aromatic carbocycles. The van der Waals surface area contributed by atoms with Crippen LogP contribution in [0.15, 0.2) is 18.2 Å². The lowest BCUT2D eigenvalue weighted by Gasteiger charge is -2.09. The Kier molecular flexibility index (Phi) is 3.60. The first-order valence-corrected chi connectivity index (χ1v) is 4.18. The molecule has 1 aromatic rings. The lowest BCUT2D eigenvalue weighted by molar-refractivity contribution is -0.0502. The molecule has 0 heterocycles. The highest BCUT2D eigenvalue weighted by Crippen LogP contribution is 2.26. The van der Waals surface area contributed by atoms with Crippen LogP contribution in [0.4, 0.5) is 8.78 Å². The number of carbonyl (C=O) groups excluding carboxylic acids is 1. The highest BCUT2D eigenvalue weighted by molar-refractivity contribution is 5.97. The second-order valence-electron chi connectivity index (χ2n) is 2.80. The summed E-state index contributed by atoms with van der Waals surface area (Å²) in [5.41, 5.74) is 0.107. The fraction of sp³-hybridized carbons (Fsp3) is 0.300. The fourth-order valence-corrected chi connectivity index (χ4v) is 1.11. The molecule has 0 N–H and O–H groups in total. The average Bonchev–Trinajstić information content (AvgIpc) is 2.16. The predicted molar refractivity (Wildman–Crippen MR) is 49.6 cm³/mol. The van der Waals surface area contributed by atoms with Crippen LogP contribution in [-0.2, 0) is 0 Å². The van der Waals surface area contributed by atoms with E-state index < -0.39 is 6.61 Å². The molecular weight excluding hydrogens is 206 g/mol. The molecule has 3 nitrogen and oxygen atoms in total. The summed E-state index contributed by atoms with van der Waals surface area (Å²) < 4.78 is 33.1. The molecule has 0 aromatic heterocycles. The van der Waals surface area contributed by atoms with Gasteiger partial charge in [-0.25, -0.2) is 0 Å². The third-order valence-electron chi connectivity index (χ3n) is 1.78. The molecule has 0 aliphatic rings. The maximum atomic E-state index is 12.0. The Morgan fingerprint density at radius 3 is 2.53 bits per heavy atom. The van der Waals surface area contributed by atoms with Crippen molar-refractivity contribution >= 4 is 5.78 Å². The molecule has 0 atom stereocenters. The number of methoxy groups -OCH3 is 1. The van der Waals surface area contributed by atoms with E-state index in [-0.39, 0.29) is 17.1 Å². The van der Waals surface area contributed by atoms with Crippen molar-refractivity contribution in [3.05, 3.63) is 23.8 Å². The highest BCUT2D eigenvalue weighted by Gasteiger charge is 2.13. The van der Waals surface area contributed by atoms with Gasteiger partial charge in [0, 0.05) is 6.07 Å². The van der Waals surface area contributed by atoms with Gasteiger partial charge in [0.25, 0.3) is 0 Å². The fourth-order valence-electron chi connectivity index (χ4n) is 1.11. The minimum atomic E-state index is -2.96.